The maximum Gasteiger partial charge on any atom is 0.411 e. The van der Waals surface area contributed by atoms with E-state index in [-0.39, 0.29) is 23.3 Å². The lowest BCUT2D eigenvalue weighted by Gasteiger charge is -2.15. The second-order valence-corrected chi connectivity index (χ2v) is 8.09. The fraction of sp³-hybridized carbons (Fsp3) is 0.250. The SMILES string of the molecule is CCNONc1ccc(Oc2ccc(F)cc2F)c(-c2cc(NC(=O)OC(C)C)c3nnc(C)n3n2)c1. The first kappa shape index (κ1) is 25.7. The van der Waals surface area contributed by atoms with E-state index in [0.29, 0.717) is 35.0 Å². The third-order valence-electron chi connectivity index (χ3n) is 4.86. The Morgan fingerprint density at radius 2 is 1.86 bits per heavy atom. The van der Waals surface area contributed by atoms with Gasteiger partial charge in [0.15, 0.2) is 17.4 Å². The zero-order valence-corrected chi connectivity index (χ0v) is 20.5. The van der Waals surface area contributed by atoms with Gasteiger partial charge in [0, 0.05) is 18.2 Å². The molecule has 37 heavy (non-hydrogen) atoms. The van der Waals surface area contributed by atoms with Crippen LogP contribution in [0.1, 0.15) is 26.6 Å². The number of aryl methyl sites for hydroxylation is 1. The number of rotatable bonds is 9. The quantitative estimate of drug-likeness (QED) is 0.210. The lowest BCUT2D eigenvalue weighted by atomic mass is 10.1. The molecule has 0 saturated heterocycles. The molecule has 1 amide bonds. The molecule has 0 spiro atoms. The number of amides is 1. The normalized spacial score (nSPS) is 11.1. The van der Waals surface area contributed by atoms with Crippen LogP contribution in [0, 0.1) is 18.6 Å². The number of carbonyl (C=O) groups is 1. The Balaban J connectivity index is 1.82. The summed E-state index contributed by atoms with van der Waals surface area (Å²) >= 11 is 0. The minimum atomic E-state index is -0.875. The first-order chi connectivity index (χ1) is 17.7. The summed E-state index contributed by atoms with van der Waals surface area (Å²) < 4.78 is 40.3. The van der Waals surface area contributed by atoms with E-state index in [1.165, 1.54) is 10.6 Å². The molecule has 2 heterocycles. The molecule has 0 atom stereocenters. The van der Waals surface area contributed by atoms with Crippen molar-refractivity contribution in [3.63, 3.8) is 0 Å². The molecule has 4 rings (SSSR count). The molecule has 0 fully saturated rings. The highest BCUT2D eigenvalue weighted by atomic mass is 19.1. The fourth-order valence-corrected chi connectivity index (χ4v) is 3.29. The fourth-order valence-electron chi connectivity index (χ4n) is 3.29. The van der Waals surface area contributed by atoms with Gasteiger partial charge in [-0.05, 0) is 57.2 Å². The lowest BCUT2D eigenvalue weighted by molar-refractivity contribution is 0.0930. The number of carbonyl (C=O) groups excluding carboxylic acids is 1. The van der Waals surface area contributed by atoms with Crippen LogP contribution >= 0.6 is 0 Å². The van der Waals surface area contributed by atoms with Gasteiger partial charge in [-0.1, -0.05) is 6.92 Å². The highest BCUT2D eigenvalue weighted by Crippen LogP contribution is 2.37. The van der Waals surface area contributed by atoms with Gasteiger partial charge in [0.2, 0.25) is 5.65 Å². The predicted molar refractivity (Wildman–Crippen MR) is 131 cm³/mol. The van der Waals surface area contributed by atoms with Crippen LogP contribution < -0.4 is 21.0 Å². The maximum atomic E-state index is 14.4. The van der Waals surface area contributed by atoms with Gasteiger partial charge in [0.05, 0.1) is 23.2 Å². The molecule has 194 valence electrons. The Hall–Kier alpha value is -4.36. The van der Waals surface area contributed by atoms with Crippen molar-refractivity contribution in [2.24, 2.45) is 0 Å². The van der Waals surface area contributed by atoms with E-state index in [2.05, 4.69) is 31.6 Å². The molecular formula is C24H25F2N7O4. The molecule has 0 saturated carbocycles. The van der Waals surface area contributed by atoms with E-state index in [4.69, 9.17) is 14.4 Å². The number of halogens is 2. The van der Waals surface area contributed by atoms with Crippen LogP contribution in [-0.2, 0) is 9.68 Å². The molecule has 2 aromatic carbocycles. The minimum absolute atomic E-state index is 0.187. The highest BCUT2D eigenvalue weighted by molar-refractivity contribution is 5.91. The first-order valence-electron chi connectivity index (χ1n) is 11.4. The molecule has 0 bridgehead atoms. The van der Waals surface area contributed by atoms with Crippen molar-refractivity contribution in [3.8, 4) is 22.8 Å². The van der Waals surface area contributed by atoms with Crippen molar-refractivity contribution in [1.29, 1.82) is 0 Å². The number of aromatic nitrogens is 4. The topological polar surface area (TPSA) is 124 Å². The average molecular weight is 514 g/mol. The number of ether oxygens (including phenoxy) is 2. The van der Waals surface area contributed by atoms with Crippen LogP contribution in [0.25, 0.3) is 16.9 Å². The summed E-state index contributed by atoms with van der Waals surface area (Å²) in [5, 5.41) is 15.4. The van der Waals surface area contributed by atoms with Crippen molar-refractivity contribution >= 4 is 23.1 Å². The number of nitrogens with zero attached hydrogens (tertiary/aromatic N) is 4. The van der Waals surface area contributed by atoms with Gasteiger partial charge in [-0.15, -0.1) is 10.2 Å². The Morgan fingerprint density at radius 3 is 2.59 bits per heavy atom. The summed E-state index contributed by atoms with van der Waals surface area (Å²) in [6.45, 7) is 7.56. The molecule has 4 aromatic rings. The van der Waals surface area contributed by atoms with Crippen LogP contribution in [0.4, 0.5) is 25.0 Å². The van der Waals surface area contributed by atoms with Gasteiger partial charge < -0.3 is 9.47 Å². The molecule has 0 unspecified atom stereocenters. The molecule has 0 radical (unpaired) electrons. The summed E-state index contributed by atoms with van der Waals surface area (Å²) in [7, 11) is 0. The summed E-state index contributed by atoms with van der Waals surface area (Å²) in [6, 6.07) is 9.42. The van der Waals surface area contributed by atoms with E-state index in [0.717, 1.165) is 12.1 Å². The lowest BCUT2D eigenvalue weighted by Crippen LogP contribution is -2.19. The standard InChI is InChI=1S/C24H25F2N7O4/c1-5-27-37-32-16-7-9-21(36-22-8-6-15(25)10-18(22)26)17(11-16)19-12-20(28-24(34)35-13(2)3)23-30-29-14(4)33(23)31-19/h6-13,27,32H,5H2,1-4H3,(H,28,34). The van der Waals surface area contributed by atoms with E-state index in [1.54, 1.807) is 45.0 Å². The molecule has 0 aliphatic heterocycles. The van der Waals surface area contributed by atoms with Crippen molar-refractivity contribution < 1.29 is 28.0 Å². The number of hydrogen-bond donors (Lipinski definition) is 3. The molecule has 13 heteroatoms. The second-order valence-electron chi connectivity index (χ2n) is 8.09. The summed E-state index contributed by atoms with van der Waals surface area (Å²) in [5.74, 6) is -1.14. The average Bonchev–Trinajstić information content (AvgIpc) is 3.22. The van der Waals surface area contributed by atoms with Crippen molar-refractivity contribution in [2.75, 3.05) is 17.3 Å². The number of nitrogens with one attached hydrogen (secondary N) is 3. The van der Waals surface area contributed by atoms with Crippen molar-refractivity contribution in [2.45, 2.75) is 33.8 Å². The Labute approximate surface area is 210 Å². The Kier molecular flexibility index (Phi) is 7.74. The van der Waals surface area contributed by atoms with Crippen LogP contribution in [0.15, 0.2) is 42.5 Å². The zero-order chi connectivity index (χ0) is 26.5. The van der Waals surface area contributed by atoms with Gasteiger partial charge in [-0.2, -0.15) is 20.0 Å². The van der Waals surface area contributed by atoms with Crippen LogP contribution in [0.2, 0.25) is 0 Å². The van der Waals surface area contributed by atoms with E-state index in [9.17, 15) is 13.6 Å². The summed E-state index contributed by atoms with van der Waals surface area (Å²) in [4.78, 5) is 17.5. The molecule has 11 nitrogen and oxygen atoms in total. The van der Waals surface area contributed by atoms with Crippen molar-refractivity contribution in [1.82, 2.24) is 25.3 Å². The predicted octanol–water partition coefficient (Wildman–Crippen LogP) is 5.00. The number of benzene rings is 2. The number of anilines is 2. The number of fused-ring (bicyclic) bond motifs is 1. The van der Waals surface area contributed by atoms with Gasteiger partial charge in [-0.25, -0.2) is 19.1 Å². The molecule has 3 N–H and O–H groups in total. The second kappa shape index (κ2) is 11.1. The molecule has 0 aliphatic rings. The smallest absolute Gasteiger partial charge is 0.411 e. The van der Waals surface area contributed by atoms with Gasteiger partial charge in [-0.3, -0.25) is 5.32 Å². The van der Waals surface area contributed by atoms with Gasteiger partial charge in [0.1, 0.15) is 11.6 Å². The van der Waals surface area contributed by atoms with Crippen LogP contribution in [0.5, 0.6) is 11.5 Å². The number of hydrogen-bond acceptors (Lipinski definition) is 9. The van der Waals surface area contributed by atoms with Crippen molar-refractivity contribution in [3.05, 3.63) is 59.9 Å². The molecule has 2 aromatic heterocycles. The first-order valence-corrected chi connectivity index (χ1v) is 11.4. The van der Waals surface area contributed by atoms with Crippen LogP contribution in [-0.4, -0.2) is 38.6 Å². The highest BCUT2D eigenvalue weighted by Gasteiger charge is 2.19. The minimum Gasteiger partial charge on any atom is -0.454 e. The monoisotopic (exact) mass is 513 g/mol. The van der Waals surface area contributed by atoms with E-state index >= 15 is 0 Å². The third kappa shape index (κ3) is 6.08. The third-order valence-corrected chi connectivity index (χ3v) is 4.86. The summed E-state index contributed by atoms with van der Waals surface area (Å²) in [5.41, 5.74) is 7.20. The Morgan fingerprint density at radius 1 is 1.08 bits per heavy atom. The zero-order valence-electron chi connectivity index (χ0n) is 20.5. The maximum absolute atomic E-state index is 14.4. The van der Waals surface area contributed by atoms with Gasteiger partial charge in [0.25, 0.3) is 0 Å². The Bertz CT molecular complexity index is 1430. The van der Waals surface area contributed by atoms with E-state index < -0.39 is 17.7 Å². The molecule has 0 aliphatic carbocycles. The molecular weight excluding hydrogens is 488 g/mol. The van der Waals surface area contributed by atoms with E-state index in [1.807, 2.05) is 6.92 Å². The largest absolute Gasteiger partial charge is 0.454 e. The van der Waals surface area contributed by atoms with Gasteiger partial charge >= 0.3 is 6.09 Å². The number of hydroxylamine groups is 1. The summed E-state index contributed by atoms with van der Waals surface area (Å²) in [6.07, 6.45) is -1.03. The van der Waals surface area contributed by atoms with Crippen LogP contribution in [0.3, 0.4) is 0 Å².